The van der Waals surface area contributed by atoms with Crippen LogP contribution in [0.25, 0.3) is 5.69 Å². The molecule has 0 aliphatic carbocycles. The summed E-state index contributed by atoms with van der Waals surface area (Å²) in [6.45, 7) is 4.96. The van der Waals surface area contributed by atoms with Crippen molar-refractivity contribution in [3.8, 4) is 5.69 Å². The van der Waals surface area contributed by atoms with Crippen LogP contribution >= 0.6 is 0 Å². The second-order valence-corrected chi connectivity index (χ2v) is 8.09. The fourth-order valence-electron chi connectivity index (χ4n) is 3.85. The highest BCUT2D eigenvalue weighted by molar-refractivity contribution is 5.90. The number of aromatic nitrogens is 2. The third-order valence-electron chi connectivity index (χ3n) is 5.75. The molecule has 1 aliphatic rings. The number of halogens is 2. The summed E-state index contributed by atoms with van der Waals surface area (Å²) >= 11 is 0. The smallest absolute Gasteiger partial charge is 0.320 e. The van der Waals surface area contributed by atoms with Gasteiger partial charge in [0.2, 0.25) is 0 Å². The average Bonchev–Trinajstić information content (AvgIpc) is 3.35. The number of urea groups is 1. The number of benzene rings is 2. The molecule has 2 atom stereocenters. The van der Waals surface area contributed by atoms with Crippen molar-refractivity contribution in [2.45, 2.75) is 26.0 Å². The molecular weight excluding hydrogens is 444 g/mol. The normalized spacial score (nSPS) is 18.3. The second kappa shape index (κ2) is 10.3. The standard InChI is InChI=1S/C24H27F2N5O3/c1-15-16(2)29-31(18-7-5-4-6-8-18)23(15)28-24(32)27-21-14-30(11-12-33-3)34-22(21)17-9-10-19(25)20(26)13-17/h4-10,13,21-22H,11-12,14H2,1-3H3,(H2,27,28,32)/t21-,22+/m1/s1. The first-order chi connectivity index (χ1) is 16.4. The molecule has 2 N–H and O–H groups in total. The van der Waals surface area contributed by atoms with Gasteiger partial charge >= 0.3 is 6.03 Å². The summed E-state index contributed by atoms with van der Waals surface area (Å²) in [5, 5.41) is 12.0. The predicted molar refractivity (Wildman–Crippen MR) is 123 cm³/mol. The number of nitrogens with one attached hydrogen (secondary N) is 2. The predicted octanol–water partition coefficient (Wildman–Crippen LogP) is 3.89. The Morgan fingerprint density at radius 1 is 1.18 bits per heavy atom. The molecule has 1 saturated heterocycles. The molecule has 0 saturated carbocycles. The molecule has 2 amide bonds. The number of carbonyl (C=O) groups is 1. The Bertz CT molecular complexity index is 1160. The number of carbonyl (C=O) groups excluding carboxylic acids is 1. The van der Waals surface area contributed by atoms with Gasteiger partial charge in [0, 0.05) is 25.8 Å². The summed E-state index contributed by atoms with van der Waals surface area (Å²) in [4.78, 5) is 19.0. The van der Waals surface area contributed by atoms with E-state index in [4.69, 9.17) is 9.57 Å². The first-order valence-corrected chi connectivity index (χ1v) is 10.9. The van der Waals surface area contributed by atoms with Gasteiger partial charge in [0.1, 0.15) is 11.9 Å². The maximum atomic E-state index is 13.9. The van der Waals surface area contributed by atoms with Gasteiger partial charge in [0.25, 0.3) is 0 Å². The van der Waals surface area contributed by atoms with Gasteiger partial charge in [0.05, 0.1) is 24.0 Å². The van der Waals surface area contributed by atoms with Gasteiger partial charge in [-0.1, -0.05) is 24.3 Å². The largest absolute Gasteiger partial charge is 0.383 e. The van der Waals surface area contributed by atoms with Crippen LogP contribution in [0.3, 0.4) is 0 Å². The number of hydrogen-bond donors (Lipinski definition) is 2. The lowest BCUT2D eigenvalue weighted by atomic mass is 10.0. The van der Waals surface area contributed by atoms with Crippen LogP contribution in [0.4, 0.5) is 19.4 Å². The Morgan fingerprint density at radius 2 is 1.94 bits per heavy atom. The number of nitrogens with zero attached hydrogens (tertiary/aromatic N) is 3. The molecule has 3 aromatic rings. The zero-order chi connectivity index (χ0) is 24.2. The first kappa shape index (κ1) is 23.8. The second-order valence-electron chi connectivity index (χ2n) is 8.09. The minimum absolute atomic E-state index is 0.344. The van der Waals surface area contributed by atoms with E-state index in [1.807, 2.05) is 44.2 Å². The van der Waals surface area contributed by atoms with Gasteiger partial charge in [0.15, 0.2) is 11.6 Å². The van der Waals surface area contributed by atoms with Gasteiger partial charge in [-0.3, -0.25) is 10.2 Å². The molecule has 1 fully saturated rings. The third-order valence-corrected chi connectivity index (χ3v) is 5.75. The van der Waals surface area contributed by atoms with Crippen molar-refractivity contribution >= 4 is 11.8 Å². The summed E-state index contributed by atoms with van der Waals surface area (Å²) in [6.07, 6.45) is -0.695. The van der Waals surface area contributed by atoms with Crippen LogP contribution < -0.4 is 10.6 Å². The van der Waals surface area contributed by atoms with E-state index in [9.17, 15) is 13.6 Å². The van der Waals surface area contributed by atoms with E-state index >= 15 is 0 Å². The highest BCUT2D eigenvalue weighted by Crippen LogP contribution is 2.30. The van der Waals surface area contributed by atoms with Crippen molar-refractivity contribution in [2.24, 2.45) is 0 Å². The summed E-state index contributed by atoms with van der Waals surface area (Å²) in [5.41, 5.74) is 2.85. The average molecular weight is 472 g/mol. The van der Waals surface area contributed by atoms with E-state index < -0.39 is 29.8 Å². The topological polar surface area (TPSA) is 80.7 Å². The van der Waals surface area contributed by atoms with Gasteiger partial charge in [-0.15, -0.1) is 0 Å². The molecule has 34 heavy (non-hydrogen) atoms. The fraction of sp³-hybridized carbons (Fsp3) is 0.333. The summed E-state index contributed by atoms with van der Waals surface area (Å²) in [5.74, 6) is -1.38. The van der Waals surface area contributed by atoms with E-state index in [0.717, 1.165) is 29.1 Å². The molecule has 8 nitrogen and oxygen atoms in total. The monoisotopic (exact) mass is 471 g/mol. The Labute approximate surface area is 196 Å². The molecule has 0 bridgehead atoms. The number of ether oxygens (including phenoxy) is 1. The molecule has 2 heterocycles. The van der Waals surface area contributed by atoms with E-state index in [2.05, 4.69) is 15.7 Å². The van der Waals surface area contributed by atoms with E-state index in [0.29, 0.717) is 31.1 Å². The van der Waals surface area contributed by atoms with Crippen molar-refractivity contribution in [3.63, 3.8) is 0 Å². The van der Waals surface area contributed by atoms with Crippen LogP contribution in [0.5, 0.6) is 0 Å². The molecule has 4 rings (SSSR count). The number of hydrogen-bond acceptors (Lipinski definition) is 5. The molecule has 180 valence electrons. The molecule has 1 aromatic heterocycles. The van der Waals surface area contributed by atoms with E-state index in [-0.39, 0.29) is 0 Å². The first-order valence-electron chi connectivity index (χ1n) is 10.9. The molecule has 10 heteroatoms. The molecule has 0 radical (unpaired) electrons. The van der Waals surface area contributed by atoms with Crippen molar-refractivity contribution in [3.05, 3.63) is 77.0 Å². The molecule has 0 spiro atoms. The van der Waals surface area contributed by atoms with Crippen molar-refractivity contribution in [1.82, 2.24) is 20.2 Å². The van der Waals surface area contributed by atoms with Crippen LogP contribution in [-0.2, 0) is 9.57 Å². The molecular formula is C24H27F2N5O3. The highest BCUT2D eigenvalue weighted by atomic mass is 19.2. The fourth-order valence-corrected chi connectivity index (χ4v) is 3.85. The number of aryl methyl sites for hydroxylation is 1. The quantitative estimate of drug-likeness (QED) is 0.547. The molecule has 0 unspecified atom stereocenters. The highest BCUT2D eigenvalue weighted by Gasteiger charge is 2.37. The Balaban J connectivity index is 1.54. The van der Waals surface area contributed by atoms with Gasteiger partial charge in [-0.05, 0) is 43.7 Å². The lowest BCUT2D eigenvalue weighted by molar-refractivity contribution is -0.154. The third kappa shape index (κ3) is 5.09. The number of rotatable bonds is 7. The van der Waals surface area contributed by atoms with Crippen molar-refractivity contribution < 1.29 is 23.1 Å². The van der Waals surface area contributed by atoms with Crippen LogP contribution in [0.2, 0.25) is 0 Å². The zero-order valence-electron chi connectivity index (χ0n) is 19.2. The van der Waals surface area contributed by atoms with Crippen LogP contribution in [0.15, 0.2) is 48.5 Å². The zero-order valence-corrected chi connectivity index (χ0v) is 19.2. The Morgan fingerprint density at radius 3 is 2.65 bits per heavy atom. The van der Waals surface area contributed by atoms with Gasteiger partial charge in [-0.2, -0.15) is 10.2 Å². The SMILES string of the molecule is COCCN1C[C@@H](NC(=O)Nc2c(C)c(C)nn2-c2ccccc2)[C@H](c2ccc(F)c(F)c2)O1. The lowest BCUT2D eigenvalue weighted by Crippen LogP contribution is -2.42. The van der Waals surface area contributed by atoms with E-state index in [1.165, 1.54) is 6.07 Å². The number of methoxy groups -OCH3 is 1. The minimum Gasteiger partial charge on any atom is -0.383 e. The molecule has 1 aliphatic heterocycles. The lowest BCUT2D eigenvalue weighted by Gasteiger charge is -2.20. The van der Waals surface area contributed by atoms with Gasteiger partial charge < -0.3 is 10.1 Å². The van der Waals surface area contributed by atoms with Crippen molar-refractivity contribution in [2.75, 3.05) is 32.1 Å². The van der Waals surface area contributed by atoms with Crippen LogP contribution in [-0.4, -0.2) is 53.7 Å². The van der Waals surface area contributed by atoms with E-state index in [1.54, 1.807) is 16.9 Å². The number of amides is 2. The summed E-state index contributed by atoms with van der Waals surface area (Å²) in [7, 11) is 1.58. The minimum atomic E-state index is -0.975. The maximum Gasteiger partial charge on any atom is 0.320 e. The number of para-hydroxylation sites is 1. The summed E-state index contributed by atoms with van der Waals surface area (Å²) in [6, 6.07) is 12.1. The number of hydroxylamine groups is 2. The molecule has 2 aromatic carbocycles. The van der Waals surface area contributed by atoms with Crippen LogP contribution in [0, 0.1) is 25.5 Å². The Kier molecular flexibility index (Phi) is 7.20. The summed E-state index contributed by atoms with van der Waals surface area (Å²) < 4.78 is 34.1. The number of anilines is 1. The van der Waals surface area contributed by atoms with Gasteiger partial charge in [-0.25, -0.2) is 18.3 Å². The maximum absolute atomic E-state index is 13.9. The van der Waals surface area contributed by atoms with Crippen LogP contribution in [0.1, 0.15) is 22.9 Å². The van der Waals surface area contributed by atoms with Crippen molar-refractivity contribution in [1.29, 1.82) is 0 Å². The Hall–Kier alpha value is -3.34.